The Bertz CT molecular complexity index is 509. The maximum atomic E-state index is 11.9. The third kappa shape index (κ3) is 2.91. The molecule has 17 heavy (non-hydrogen) atoms. The molecular weight excluding hydrogens is 212 g/mol. The van der Waals surface area contributed by atoms with Gasteiger partial charge in [-0.1, -0.05) is 19.1 Å². The average molecular weight is 226 g/mol. The minimum Gasteiger partial charge on any atom is -0.321 e. The van der Waals surface area contributed by atoms with E-state index in [9.17, 15) is 4.79 Å². The lowest BCUT2D eigenvalue weighted by Crippen LogP contribution is -2.12. The average Bonchev–Trinajstić information content (AvgIpc) is 2.40. The number of nitrogens with zero attached hydrogens (tertiary/aromatic N) is 1. The van der Waals surface area contributed by atoms with Crippen molar-refractivity contribution >= 4 is 11.6 Å². The van der Waals surface area contributed by atoms with Crippen molar-refractivity contribution in [2.75, 3.05) is 5.32 Å². The van der Waals surface area contributed by atoms with E-state index < -0.39 is 0 Å². The van der Waals surface area contributed by atoms with Crippen LogP contribution in [0.5, 0.6) is 0 Å². The number of pyridine rings is 1. The summed E-state index contributed by atoms with van der Waals surface area (Å²) in [6.07, 6.45) is 4.23. The molecule has 2 rings (SSSR count). The molecule has 1 heterocycles. The number of benzene rings is 1. The SMILES string of the molecule is CCc1cccc(C(=O)Nc2cccnc2)c1. The second-order valence-electron chi connectivity index (χ2n) is 3.75. The molecule has 2 aromatic rings. The highest BCUT2D eigenvalue weighted by atomic mass is 16.1. The zero-order valence-corrected chi connectivity index (χ0v) is 9.68. The second-order valence-corrected chi connectivity index (χ2v) is 3.75. The Balaban J connectivity index is 2.14. The Morgan fingerprint density at radius 2 is 2.18 bits per heavy atom. The van der Waals surface area contributed by atoms with Crippen LogP contribution in [0, 0.1) is 0 Å². The van der Waals surface area contributed by atoms with Crippen LogP contribution in [0.15, 0.2) is 48.8 Å². The number of carbonyl (C=O) groups is 1. The molecule has 0 bridgehead atoms. The molecule has 1 N–H and O–H groups in total. The minimum absolute atomic E-state index is 0.103. The highest BCUT2D eigenvalue weighted by Gasteiger charge is 2.05. The maximum Gasteiger partial charge on any atom is 0.255 e. The van der Waals surface area contributed by atoms with E-state index in [2.05, 4.69) is 17.2 Å². The Morgan fingerprint density at radius 3 is 2.88 bits per heavy atom. The smallest absolute Gasteiger partial charge is 0.255 e. The third-order valence-corrected chi connectivity index (χ3v) is 2.52. The summed E-state index contributed by atoms with van der Waals surface area (Å²) in [5.41, 5.74) is 2.54. The molecule has 0 atom stereocenters. The molecule has 0 radical (unpaired) electrons. The first-order valence-corrected chi connectivity index (χ1v) is 5.60. The van der Waals surface area contributed by atoms with Crippen molar-refractivity contribution in [1.82, 2.24) is 4.98 Å². The second kappa shape index (κ2) is 5.25. The van der Waals surface area contributed by atoms with E-state index in [1.807, 2.05) is 30.3 Å². The highest BCUT2D eigenvalue weighted by Crippen LogP contribution is 2.09. The molecule has 0 spiro atoms. The van der Waals surface area contributed by atoms with Crippen LogP contribution in [0.1, 0.15) is 22.8 Å². The van der Waals surface area contributed by atoms with Crippen molar-refractivity contribution < 1.29 is 4.79 Å². The minimum atomic E-state index is -0.103. The standard InChI is InChI=1S/C14H14N2O/c1-2-11-5-3-6-12(9-11)14(17)16-13-7-4-8-15-10-13/h3-10H,2H2,1H3,(H,16,17). The summed E-state index contributed by atoms with van der Waals surface area (Å²) >= 11 is 0. The van der Waals surface area contributed by atoms with Gasteiger partial charge in [-0.25, -0.2) is 0 Å². The van der Waals surface area contributed by atoms with E-state index in [0.717, 1.165) is 12.0 Å². The summed E-state index contributed by atoms with van der Waals surface area (Å²) in [6.45, 7) is 2.07. The van der Waals surface area contributed by atoms with Crippen LogP contribution in [0.3, 0.4) is 0 Å². The first kappa shape index (κ1) is 11.3. The molecule has 0 aliphatic heterocycles. The zero-order chi connectivity index (χ0) is 12.1. The molecule has 0 saturated carbocycles. The Labute approximate surface area is 101 Å². The Hall–Kier alpha value is -2.16. The normalized spacial score (nSPS) is 9.94. The quantitative estimate of drug-likeness (QED) is 0.874. The highest BCUT2D eigenvalue weighted by molar-refractivity contribution is 6.04. The molecule has 3 heteroatoms. The van der Waals surface area contributed by atoms with Crippen LogP contribution >= 0.6 is 0 Å². The lowest BCUT2D eigenvalue weighted by molar-refractivity contribution is 0.102. The summed E-state index contributed by atoms with van der Waals surface area (Å²) < 4.78 is 0. The van der Waals surface area contributed by atoms with Gasteiger partial charge >= 0.3 is 0 Å². The van der Waals surface area contributed by atoms with Gasteiger partial charge in [-0.3, -0.25) is 9.78 Å². The van der Waals surface area contributed by atoms with E-state index in [4.69, 9.17) is 0 Å². The van der Waals surface area contributed by atoms with E-state index in [1.165, 1.54) is 0 Å². The van der Waals surface area contributed by atoms with E-state index in [-0.39, 0.29) is 5.91 Å². The van der Waals surface area contributed by atoms with Gasteiger partial charge in [0.15, 0.2) is 0 Å². The molecule has 0 aliphatic carbocycles. The monoisotopic (exact) mass is 226 g/mol. The Kier molecular flexibility index (Phi) is 3.50. The third-order valence-electron chi connectivity index (χ3n) is 2.52. The van der Waals surface area contributed by atoms with Crippen molar-refractivity contribution in [2.24, 2.45) is 0 Å². The van der Waals surface area contributed by atoms with Gasteiger partial charge in [0.25, 0.3) is 5.91 Å². The van der Waals surface area contributed by atoms with Crippen molar-refractivity contribution in [1.29, 1.82) is 0 Å². The number of hydrogen-bond acceptors (Lipinski definition) is 2. The van der Waals surface area contributed by atoms with Crippen LogP contribution in [-0.4, -0.2) is 10.9 Å². The topological polar surface area (TPSA) is 42.0 Å². The summed E-state index contributed by atoms with van der Waals surface area (Å²) in [6, 6.07) is 11.2. The molecule has 1 aromatic heterocycles. The van der Waals surface area contributed by atoms with Crippen molar-refractivity contribution in [3.63, 3.8) is 0 Å². The molecule has 86 valence electrons. The molecule has 0 unspecified atom stereocenters. The van der Waals surface area contributed by atoms with Crippen molar-refractivity contribution in [3.05, 3.63) is 59.9 Å². The fourth-order valence-corrected chi connectivity index (χ4v) is 1.57. The molecule has 3 nitrogen and oxygen atoms in total. The number of amides is 1. The summed E-state index contributed by atoms with van der Waals surface area (Å²) in [5.74, 6) is -0.103. The van der Waals surface area contributed by atoms with Gasteiger partial charge in [-0.2, -0.15) is 0 Å². The lowest BCUT2D eigenvalue weighted by atomic mass is 10.1. The van der Waals surface area contributed by atoms with Gasteiger partial charge in [0.2, 0.25) is 0 Å². The van der Waals surface area contributed by atoms with Gasteiger partial charge < -0.3 is 5.32 Å². The summed E-state index contributed by atoms with van der Waals surface area (Å²) in [4.78, 5) is 15.9. The maximum absolute atomic E-state index is 11.9. The van der Waals surface area contributed by atoms with E-state index in [0.29, 0.717) is 11.3 Å². The molecule has 1 amide bonds. The molecule has 1 aromatic carbocycles. The van der Waals surface area contributed by atoms with Crippen LogP contribution in [-0.2, 0) is 6.42 Å². The molecule has 0 saturated heterocycles. The number of carbonyl (C=O) groups excluding carboxylic acids is 1. The van der Waals surface area contributed by atoms with Gasteiger partial charge in [-0.05, 0) is 36.2 Å². The number of aromatic nitrogens is 1. The Morgan fingerprint density at radius 1 is 1.29 bits per heavy atom. The zero-order valence-electron chi connectivity index (χ0n) is 9.68. The fraction of sp³-hybridized carbons (Fsp3) is 0.143. The van der Waals surface area contributed by atoms with E-state index >= 15 is 0 Å². The van der Waals surface area contributed by atoms with E-state index in [1.54, 1.807) is 18.5 Å². The number of hydrogen-bond donors (Lipinski definition) is 1. The summed E-state index contributed by atoms with van der Waals surface area (Å²) in [5, 5.41) is 2.81. The molecule has 0 aliphatic rings. The summed E-state index contributed by atoms with van der Waals surface area (Å²) in [7, 11) is 0. The van der Waals surface area contributed by atoms with Crippen LogP contribution in [0.4, 0.5) is 5.69 Å². The number of aryl methyl sites for hydroxylation is 1. The van der Waals surface area contributed by atoms with Gasteiger partial charge in [0.1, 0.15) is 0 Å². The predicted octanol–water partition coefficient (Wildman–Crippen LogP) is 2.90. The van der Waals surface area contributed by atoms with Crippen LogP contribution in [0.2, 0.25) is 0 Å². The predicted molar refractivity (Wildman–Crippen MR) is 68.0 cm³/mol. The number of nitrogens with one attached hydrogen (secondary N) is 1. The number of anilines is 1. The molecule has 0 fully saturated rings. The van der Waals surface area contributed by atoms with Gasteiger partial charge in [0.05, 0.1) is 11.9 Å². The largest absolute Gasteiger partial charge is 0.321 e. The van der Waals surface area contributed by atoms with Gasteiger partial charge in [0, 0.05) is 11.8 Å². The van der Waals surface area contributed by atoms with Crippen LogP contribution in [0.25, 0.3) is 0 Å². The van der Waals surface area contributed by atoms with Gasteiger partial charge in [-0.15, -0.1) is 0 Å². The van der Waals surface area contributed by atoms with Crippen molar-refractivity contribution in [2.45, 2.75) is 13.3 Å². The number of rotatable bonds is 3. The molecular formula is C14H14N2O. The fourth-order valence-electron chi connectivity index (χ4n) is 1.57. The first-order valence-electron chi connectivity index (χ1n) is 5.60. The first-order chi connectivity index (χ1) is 8.29. The lowest BCUT2D eigenvalue weighted by Gasteiger charge is -2.05. The van der Waals surface area contributed by atoms with Crippen LogP contribution < -0.4 is 5.32 Å². The van der Waals surface area contributed by atoms with Crippen molar-refractivity contribution in [3.8, 4) is 0 Å².